The number of aromatic nitrogens is 3. The minimum atomic E-state index is -4.36. The van der Waals surface area contributed by atoms with Crippen LogP contribution in [0.3, 0.4) is 0 Å². The van der Waals surface area contributed by atoms with E-state index in [1.165, 1.54) is 18.3 Å². The van der Waals surface area contributed by atoms with E-state index in [0.29, 0.717) is 11.5 Å². The Bertz CT molecular complexity index is 804. The minimum Gasteiger partial charge on any atom is -0.339 e. The SMILES string of the molecule is FC(F)(F)c1ccc(Nc2cnnc(Nc3ccccc3)n2)cc1. The molecule has 2 aromatic carbocycles. The number of alkyl halides is 3. The van der Waals surface area contributed by atoms with Crippen molar-refractivity contribution in [1.82, 2.24) is 15.2 Å². The first kappa shape index (κ1) is 15.7. The van der Waals surface area contributed by atoms with Gasteiger partial charge in [-0.3, -0.25) is 0 Å². The summed E-state index contributed by atoms with van der Waals surface area (Å²) in [5, 5.41) is 13.6. The Hall–Kier alpha value is -3.16. The van der Waals surface area contributed by atoms with Gasteiger partial charge in [0.2, 0.25) is 5.95 Å². The molecular formula is C16H12F3N5. The molecule has 0 spiro atoms. The summed E-state index contributed by atoms with van der Waals surface area (Å²) in [6.45, 7) is 0. The number of para-hydroxylation sites is 1. The first-order valence-electron chi connectivity index (χ1n) is 6.97. The van der Waals surface area contributed by atoms with E-state index in [-0.39, 0.29) is 5.95 Å². The summed E-state index contributed by atoms with van der Waals surface area (Å²) in [5.41, 5.74) is 0.556. The summed E-state index contributed by atoms with van der Waals surface area (Å²) < 4.78 is 37.6. The maximum absolute atomic E-state index is 12.5. The third kappa shape index (κ3) is 3.97. The summed E-state index contributed by atoms with van der Waals surface area (Å²) in [7, 11) is 0. The van der Waals surface area contributed by atoms with E-state index in [4.69, 9.17) is 0 Å². The van der Waals surface area contributed by atoms with E-state index < -0.39 is 11.7 Å². The molecule has 0 aliphatic heterocycles. The zero-order valence-corrected chi connectivity index (χ0v) is 12.2. The molecule has 1 aromatic heterocycles. The van der Waals surface area contributed by atoms with Crippen LogP contribution in [0.15, 0.2) is 60.8 Å². The number of nitrogens with one attached hydrogen (secondary N) is 2. The molecule has 0 saturated carbocycles. The van der Waals surface area contributed by atoms with Gasteiger partial charge in [-0.2, -0.15) is 23.3 Å². The number of hydrogen-bond donors (Lipinski definition) is 2. The van der Waals surface area contributed by atoms with Crippen LogP contribution in [0, 0.1) is 0 Å². The third-order valence-corrected chi connectivity index (χ3v) is 3.07. The fourth-order valence-electron chi connectivity index (χ4n) is 1.96. The van der Waals surface area contributed by atoms with Crippen molar-refractivity contribution < 1.29 is 13.2 Å². The number of rotatable bonds is 4. The molecule has 0 fully saturated rings. The highest BCUT2D eigenvalue weighted by atomic mass is 19.4. The zero-order chi connectivity index (χ0) is 17.0. The average Bonchev–Trinajstić information content (AvgIpc) is 2.56. The van der Waals surface area contributed by atoms with Crippen LogP contribution < -0.4 is 10.6 Å². The van der Waals surface area contributed by atoms with Gasteiger partial charge in [-0.1, -0.05) is 18.2 Å². The van der Waals surface area contributed by atoms with E-state index in [1.54, 1.807) is 0 Å². The van der Waals surface area contributed by atoms with Crippen molar-refractivity contribution in [2.24, 2.45) is 0 Å². The predicted molar refractivity (Wildman–Crippen MR) is 84.3 cm³/mol. The summed E-state index contributed by atoms with van der Waals surface area (Å²) in [4.78, 5) is 4.22. The maximum atomic E-state index is 12.5. The van der Waals surface area contributed by atoms with Crippen LogP contribution in [0.1, 0.15) is 5.56 Å². The zero-order valence-electron chi connectivity index (χ0n) is 12.2. The van der Waals surface area contributed by atoms with Crippen LogP contribution in [0.5, 0.6) is 0 Å². The van der Waals surface area contributed by atoms with Crippen LogP contribution in [-0.2, 0) is 6.18 Å². The number of hydrogen-bond acceptors (Lipinski definition) is 5. The minimum absolute atomic E-state index is 0.276. The van der Waals surface area contributed by atoms with Crippen molar-refractivity contribution in [3.05, 3.63) is 66.4 Å². The van der Waals surface area contributed by atoms with Gasteiger partial charge >= 0.3 is 6.18 Å². The van der Waals surface area contributed by atoms with Gasteiger partial charge in [0.25, 0.3) is 0 Å². The molecule has 3 rings (SSSR count). The molecule has 5 nitrogen and oxygen atoms in total. The fraction of sp³-hybridized carbons (Fsp3) is 0.0625. The molecule has 0 amide bonds. The lowest BCUT2D eigenvalue weighted by molar-refractivity contribution is -0.137. The third-order valence-electron chi connectivity index (χ3n) is 3.07. The molecule has 1 heterocycles. The molecule has 2 N–H and O–H groups in total. The highest BCUT2D eigenvalue weighted by Crippen LogP contribution is 2.30. The Kier molecular flexibility index (Phi) is 4.28. The van der Waals surface area contributed by atoms with Crippen LogP contribution in [0.4, 0.5) is 36.3 Å². The van der Waals surface area contributed by atoms with Crippen LogP contribution in [0.25, 0.3) is 0 Å². The largest absolute Gasteiger partial charge is 0.416 e. The van der Waals surface area contributed by atoms with Crippen LogP contribution in [-0.4, -0.2) is 15.2 Å². The molecule has 0 radical (unpaired) electrons. The van der Waals surface area contributed by atoms with E-state index >= 15 is 0 Å². The van der Waals surface area contributed by atoms with E-state index in [0.717, 1.165) is 17.8 Å². The molecule has 0 bridgehead atoms. The topological polar surface area (TPSA) is 62.7 Å². The van der Waals surface area contributed by atoms with Crippen molar-refractivity contribution in [3.63, 3.8) is 0 Å². The van der Waals surface area contributed by atoms with Gasteiger partial charge in [0, 0.05) is 11.4 Å². The van der Waals surface area contributed by atoms with Crippen molar-refractivity contribution in [1.29, 1.82) is 0 Å². The normalized spacial score (nSPS) is 11.1. The predicted octanol–water partition coefficient (Wildman–Crippen LogP) is 4.38. The Morgan fingerprint density at radius 1 is 0.792 bits per heavy atom. The number of nitrogens with zero attached hydrogens (tertiary/aromatic N) is 3. The second kappa shape index (κ2) is 6.53. The van der Waals surface area contributed by atoms with Crippen molar-refractivity contribution >= 4 is 23.1 Å². The number of benzene rings is 2. The van der Waals surface area contributed by atoms with Crippen molar-refractivity contribution in [2.45, 2.75) is 6.18 Å². The highest BCUT2D eigenvalue weighted by molar-refractivity contribution is 5.58. The summed E-state index contributed by atoms with van der Waals surface area (Å²) in [5.74, 6) is 0.640. The Morgan fingerprint density at radius 3 is 2.12 bits per heavy atom. The molecule has 24 heavy (non-hydrogen) atoms. The molecule has 0 aliphatic carbocycles. The van der Waals surface area contributed by atoms with E-state index in [9.17, 15) is 13.2 Å². The second-order valence-electron chi connectivity index (χ2n) is 4.86. The highest BCUT2D eigenvalue weighted by Gasteiger charge is 2.29. The molecule has 0 atom stereocenters. The van der Waals surface area contributed by atoms with Gasteiger partial charge in [0.15, 0.2) is 5.82 Å². The van der Waals surface area contributed by atoms with Gasteiger partial charge in [-0.25, -0.2) is 0 Å². The number of anilines is 4. The van der Waals surface area contributed by atoms with Crippen LogP contribution in [0.2, 0.25) is 0 Å². The first-order chi connectivity index (χ1) is 11.5. The molecular weight excluding hydrogens is 319 g/mol. The molecule has 122 valence electrons. The molecule has 0 aliphatic rings. The summed E-state index contributed by atoms with van der Waals surface area (Å²) in [6, 6.07) is 14.0. The first-order valence-corrected chi connectivity index (χ1v) is 6.97. The van der Waals surface area contributed by atoms with Crippen molar-refractivity contribution in [2.75, 3.05) is 10.6 Å². The molecule has 3 aromatic rings. The van der Waals surface area contributed by atoms with Crippen molar-refractivity contribution in [3.8, 4) is 0 Å². The fourth-order valence-corrected chi connectivity index (χ4v) is 1.96. The van der Waals surface area contributed by atoms with Gasteiger partial charge in [0.05, 0.1) is 11.8 Å². The quantitative estimate of drug-likeness (QED) is 0.743. The molecule has 8 heteroatoms. The monoisotopic (exact) mass is 331 g/mol. The standard InChI is InChI=1S/C16H12F3N5/c17-16(18,19)11-6-8-13(9-7-11)21-14-10-20-24-15(23-14)22-12-4-2-1-3-5-12/h1-10H,(H2,21,22,23,24). The van der Waals surface area contributed by atoms with Crippen LogP contribution >= 0.6 is 0 Å². The second-order valence-corrected chi connectivity index (χ2v) is 4.86. The van der Waals surface area contributed by atoms with E-state index in [1.807, 2.05) is 30.3 Å². The summed E-state index contributed by atoms with van der Waals surface area (Å²) >= 11 is 0. The molecule has 0 saturated heterocycles. The summed E-state index contributed by atoms with van der Waals surface area (Å²) in [6.07, 6.45) is -2.98. The lowest BCUT2D eigenvalue weighted by atomic mass is 10.2. The maximum Gasteiger partial charge on any atom is 0.416 e. The lowest BCUT2D eigenvalue weighted by Crippen LogP contribution is -2.05. The smallest absolute Gasteiger partial charge is 0.339 e. The van der Waals surface area contributed by atoms with E-state index in [2.05, 4.69) is 25.8 Å². The Labute approximate surface area is 135 Å². The van der Waals surface area contributed by atoms with Gasteiger partial charge < -0.3 is 10.6 Å². The lowest BCUT2D eigenvalue weighted by Gasteiger charge is -2.09. The number of halogens is 3. The van der Waals surface area contributed by atoms with Gasteiger partial charge in [0.1, 0.15) is 0 Å². The average molecular weight is 331 g/mol. The molecule has 0 unspecified atom stereocenters. The Morgan fingerprint density at radius 2 is 1.46 bits per heavy atom. The van der Waals surface area contributed by atoms with Gasteiger partial charge in [-0.05, 0) is 36.4 Å². The van der Waals surface area contributed by atoms with Gasteiger partial charge in [-0.15, -0.1) is 5.10 Å². The Balaban J connectivity index is 1.73.